The van der Waals surface area contributed by atoms with E-state index in [9.17, 15) is 9.18 Å². The smallest absolute Gasteiger partial charge is 0.234 e. The third kappa shape index (κ3) is 4.80. The summed E-state index contributed by atoms with van der Waals surface area (Å²) in [6, 6.07) is 23.7. The van der Waals surface area contributed by atoms with E-state index >= 15 is 0 Å². The van der Waals surface area contributed by atoms with E-state index in [1.54, 1.807) is 6.92 Å². The Bertz CT molecular complexity index is 1470. The zero-order chi connectivity index (χ0) is 24.2. The van der Waals surface area contributed by atoms with Gasteiger partial charge in [-0.3, -0.25) is 9.36 Å². The van der Waals surface area contributed by atoms with Crippen LogP contribution in [-0.2, 0) is 4.79 Å². The molecular formula is C24H19FN8OS. The quantitative estimate of drug-likeness (QED) is 0.346. The average Bonchev–Trinajstić information content (AvgIpc) is 3.51. The lowest BCUT2D eigenvalue weighted by Gasteiger charge is -2.11. The summed E-state index contributed by atoms with van der Waals surface area (Å²) in [5.41, 5.74) is 2.38. The minimum Gasteiger partial charge on any atom is -0.325 e. The number of halogens is 1. The number of amides is 1. The Balaban J connectivity index is 1.35. The molecule has 0 aliphatic heterocycles. The Morgan fingerprint density at radius 3 is 2.43 bits per heavy atom. The predicted molar refractivity (Wildman–Crippen MR) is 130 cm³/mol. The molecule has 0 aliphatic rings. The summed E-state index contributed by atoms with van der Waals surface area (Å²) in [7, 11) is 0. The molecule has 1 N–H and O–H groups in total. The van der Waals surface area contributed by atoms with Gasteiger partial charge in [-0.05, 0) is 47.7 Å². The van der Waals surface area contributed by atoms with E-state index < -0.39 is 5.82 Å². The van der Waals surface area contributed by atoms with Crippen LogP contribution >= 0.6 is 11.8 Å². The fourth-order valence-electron chi connectivity index (χ4n) is 3.48. The Morgan fingerprint density at radius 2 is 1.71 bits per heavy atom. The second-order valence-electron chi connectivity index (χ2n) is 7.48. The van der Waals surface area contributed by atoms with E-state index in [0.717, 1.165) is 11.3 Å². The molecular weight excluding hydrogens is 467 g/mol. The molecule has 0 bridgehead atoms. The number of anilines is 1. The molecule has 0 fully saturated rings. The third-order valence-corrected chi connectivity index (χ3v) is 6.02. The zero-order valence-electron chi connectivity index (χ0n) is 18.5. The van der Waals surface area contributed by atoms with Crippen LogP contribution in [0.5, 0.6) is 0 Å². The standard InChI is InChI=1S/C24H19FN8OS/c1-16-27-30-31-33(16)21-14-18(12-13-20(21)25)26-22(34)15-35-24-29-28-23(17-8-4-2-5-9-17)32(24)19-10-6-3-7-11-19/h2-14H,15H2,1H3,(H,26,34). The van der Waals surface area contributed by atoms with Gasteiger partial charge in [-0.25, -0.2) is 4.39 Å². The van der Waals surface area contributed by atoms with Crippen molar-refractivity contribution in [1.29, 1.82) is 0 Å². The third-order valence-electron chi connectivity index (χ3n) is 5.10. The van der Waals surface area contributed by atoms with E-state index in [4.69, 9.17) is 0 Å². The van der Waals surface area contributed by atoms with Crippen molar-refractivity contribution in [3.05, 3.63) is 90.5 Å². The molecule has 0 saturated heterocycles. The Kier molecular flexibility index (Phi) is 6.31. The van der Waals surface area contributed by atoms with Crippen molar-refractivity contribution in [1.82, 2.24) is 35.0 Å². The second kappa shape index (κ2) is 9.85. The molecule has 0 radical (unpaired) electrons. The van der Waals surface area contributed by atoms with Crippen LogP contribution < -0.4 is 5.32 Å². The van der Waals surface area contributed by atoms with Gasteiger partial charge in [0.15, 0.2) is 16.8 Å². The van der Waals surface area contributed by atoms with Crippen molar-refractivity contribution in [2.45, 2.75) is 12.1 Å². The van der Waals surface area contributed by atoms with Gasteiger partial charge >= 0.3 is 0 Å². The van der Waals surface area contributed by atoms with Crippen LogP contribution in [0, 0.1) is 12.7 Å². The van der Waals surface area contributed by atoms with Crippen molar-refractivity contribution in [3.63, 3.8) is 0 Å². The van der Waals surface area contributed by atoms with Crippen molar-refractivity contribution in [3.8, 4) is 22.8 Å². The molecule has 0 atom stereocenters. The number of thioether (sulfide) groups is 1. The summed E-state index contributed by atoms with van der Waals surface area (Å²) in [6.07, 6.45) is 0. The Morgan fingerprint density at radius 1 is 0.971 bits per heavy atom. The van der Waals surface area contributed by atoms with E-state index in [-0.39, 0.29) is 17.3 Å². The molecule has 9 nitrogen and oxygen atoms in total. The maximum absolute atomic E-state index is 14.3. The summed E-state index contributed by atoms with van der Waals surface area (Å²) >= 11 is 1.26. The van der Waals surface area contributed by atoms with Gasteiger partial charge in [0.25, 0.3) is 0 Å². The predicted octanol–water partition coefficient (Wildman–Crippen LogP) is 4.09. The summed E-state index contributed by atoms with van der Waals surface area (Å²) in [6.45, 7) is 1.66. The number of tetrazole rings is 1. The number of hydrogen-bond donors (Lipinski definition) is 1. The number of rotatable bonds is 7. The molecule has 2 heterocycles. The van der Waals surface area contributed by atoms with Gasteiger partial charge in [0.2, 0.25) is 5.91 Å². The maximum Gasteiger partial charge on any atom is 0.234 e. The van der Waals surface area contributed by atoms with E-state index in [0.29, 0.717) is 22.5 Å². The lowest BCUT2D eigenvalue weighted by molar-refractivity contribution is -0.113. The Hall–Kier alpha value is -4.38. The number of nitrogens with one attached hydrogen (secondary N) is 1. The van der Waals surface area contributed by atoms with Crippen molar-refractivity contribution in [2.75, 3.05) is 11.1 Å². The van der Waals surface area contributed by atoms with Crippen molar-refractivity contribution in [2.24, 2.45) is 0 Å². The molecule has 174 valence electrons. The molecule has 35 heavy (non-hydrogen) atoms. The topological polar surface area (TPSA) is 103 Å². The summed E-state index contributed by atoms with van der Waals surface area (Å²) in [4.78, 5) is 12.7. The van der Waals surface area contributed by atoms with Crippen LogP contribution in [0.15, 0.2) is 84.0 Å². The highest BCUT2D eigenvalue weighted by Gasteiger charge is 2.18. The monoisotopic (exact) mass is 486 g/mol. The fourth-order valence-corrected chi connectivity index (χ4v) is 4.23. The number of nitrogens with zero attached hydrogens (tertiary/aromatic N) is 7. The zero-order valence-corrected chi connectivity index (χ0v) is 19.4. The fraction of sp³-hybridized carbons (Fsp3) is 0.0833. The molecule has 0 spiro atoms. The molecule has 5 rings (SSSR count). The van der Waals surface area contributed by atoms with E-state index in [1.807, 2.05) is 65.2 Å². The highest BCUT2D eigenvalue weighted by Crippen LogP contribution is 2.28. The molecule has 2 aromatic heterocycles. The van der Waals surface area contributed by atoms with Gasteiger partial charge in [0.05, 0.1) is 5.75 Å². The SMILES string of the molecule is Cc1nnnn1-c1cc(NC(=O)CSc2nnc(-c3ccccc3)n2-c2ccccc2)ccc1F. The first kappa shape index (κ1) is 22.4. The number of benzene rings is 3. The number of hydrogen-bond acceptors (Lipinski definition) is 7. The van der Waals surface area contributed by atoms with Gasteiger partial charge in [0, 0.05) is 16.9 Å². The summed E-state index contributed by atoms with van der Waals surface area (Å²) < 4.78 is 17.5. The number of aromatic nitrogens is 7. The highest BCUT2D eigenvalue weighted by atomic mass is 32.2. The van der Waals surface area contributed by atoms with Gasteiger partial charge in [0.1, 0.15) is 11.5 Å². The molecule has 1 amide bonds. The van der Waals surface area contributed by atoms with Crippen LogP contribution in [0.2, 0.25) is 0 Å². The van der Waals surface area contributed by atoms with Gasteiger partial charge in [-0.15, -0.1) is 15.3 Å². The van der Waals surface area contributed by atoms with Crippen LogP contribution in [0.3, 0.4) is 0 Å². The maximum atomic E-state index is 14.3. The van der Waals surface area contributed by atoms with Gasteiger partial charge in [-0.2, -0.15) is 4.68 Å². The first-order chi connectivity index (χ1) is 17.1. The molecule has 11 heteroatoms. The van der Waals surface area contributed by atoms with E-state index in [2.05, 4.69) is 31.0 Å². The van der Waals surface area contributed by atoms with E-state index in [1.165, 1.54) is 34.6 Å². The van der Waals surface area contributed by atoms with Crippen LogP contribution in [0.25, 0.3) is 22.8 Å². The van der Waals surface area contributed by atoms with Crippen LogP contribution in [-0.4, -0.2) is 46.6 Å². The first-order valence-electron chi connectivity index (χ1n) is 10.6. The highest BCUT2D eigenvalue weighted by molar-refractivity contribution is 7.99. The average molecular weight is 487 g/mol. The normalized spacial score (nSPS) is 10.9. The number of carbonyl (C=O) groups excluding carboxylic acids is 1. The molecule has 0 saturated carbocycles. The Labute approximate surface area is 204 Å². The lowest BCUT2D eigenvalue weighted by atomic mass is 10.2. The molecule has 0 unspecified atom stereocenters. The molecule has 5 aromatic rings. The van der Waals surface area contributed by atoms with Crippen LogP contribution in [0.1, 0.15) is 5.82 Å². The lowest BCUT2D eigenvalue weighted by Crippen LogP contribution is -2.15. The first-order valence-corrected chi connectivity index (χ1v) is 11.6. The van der Waals surface area contributed by atoms with Gasteiger partial charge in [-0.1, -0.05) is 60.3 Å². The summed E-state index contributed by atoms with van der Waals surface area (Å²) in [5, 5.41) is 23.2. The van der Waals surface area contributed by atoms with Crippen molar-refractivity contribution < 1.29 is 9.18 Å². The largest absolute Gasteiger partial charge is 0.325 e. The minimum atomic E-state index is -0.503. The number of carbonyl (C=O) groups is 1. The molecule has 3 aromatic carbocycles. The van der Waals surface area contributed by atoms with Gasteiger partial charge < -0.3 is 5.32 Å². The number of aryl methyl sites for hydroxylation is 1. The van der Waals surface area contributed by atoms with Crippen LogP contribution in [0.4, 0.5) is 10.1 Å². The number of para-hydroxylation sites is 1. The molecule has 0 aliphatic carbocycles. The summed E-state index contributed by atoms with van der Waals surface area (Å²) in [5.74, 6) is 0.412. The second-order valence-corrected chi connectivity index (χ2v) is 8.43. The minimum absolute atomic E-state index is 0.0797. The van der Waals surface area contributed by atoms with Crippen molar-refractivity contribution >= 4 is 23.4 Å².